The van der Waals surface area contributed by atoms with E-state index < -0.39 is 0 Å². The highest BCUT2D eigenvalue weighted by Gasteiger charge is 2.05. The van der Waals surface area contributed by atoms with Crippen LogP contribution in [0.3, 0.4) is 0 Å². The van der Waals surface area contributed by atoms with Crippen LogP contribution in [-0.4, -0.2) is 55.5 Å². The lowest BCUT2D eigenvalue weighted by atomic mass is 10.3. The molecule has 1 amide bonds. The number of hydrogen-bond acceptors (Lipinski definition) is 5. The molecule has 136 valence electrons. The predicted octanol–water partition coefficient (Wildman–Crippen LogP) is 1.92. The number of amides is 1. The first kappa shape index (κ1) is 19.4. The Bertz CT molecular complexity index is 679. The van der Waals surface area contributed by atoms with E-state index in [9.17, 15) is 4.79 Å². The van der Waals surface area contributed by atoms with E-state index in [1.165, 1.54) is 9.75 Å². The number of aromatic nitrogens is 1. The molecule has 0 aromatic carbocycles. The number of carbonyl (C=O) groups excluding carboxylic acids is 1. The number of hydrogen-bond donors (Lipinski definition) is 2. The van der Waals surface area contributed by atoms with Gasteiger partial charge in [-0.05, 0) is 24.8 Å². The summed E-state index contributed by atoms with van der Waals surface area (Å²) in [5.74, 6) is 0.648. The number of guanidine groups is 1. The minimum atomic E-state index is -0.0186. The number of likely N-dealkylation sites (N-methyl/N-ethyl adjacent to an activating group) is 1. The normalized spacial score (nSPS) is 11.4. The third-order valence-corrected chi connectivity index (χ3v) is 5.32. The third kappa shape index (κ3) is 7.23. The fraction of sp³-hybridized carbons (Fsp3) is 0.471. The predicted molar refractivity (Wildman–Crippen MR) is 106 cm³/mol. The lowest BCUT2D eigenvalue weighted by Gasteiger charge is -2.13. The van der Waals surface area contributed by atoms with Gasteiger partial charge in [0, 0.05) is 49.6 Å². The SMILES string of the molecule is Cc1cnc(CCNC(=NCC(=O)N(C)C)NCCc2cccs2)s1. The fourth-order valence-electron chi connectivity index (χ4n) is 2.03. The maximum absolute atomic E-state index is 11.8. The second-order valence-corrected chi connectivity index (χ2v) is 8.10. The minimum Gasteiger partial charge on any atom is -0.356 e. The smallest absolute Gasteiger partial charge is 0.243 e. The van der Waals surface area contributed by atoms with E-state index in [1.54, 1.807) is 41.7 Å². The maximum Gasteiger partial charge on any atom is 0.243 e. The number of aliphatic imine (C=N–C) groups is 1. The van der Waals surface area contributed by atoms with Crippen molar-refractivity contribution >= 4 is 34.5 Å². The zero-order valence-electron chi connectivity index (χ0n) is 14.9. The highest BCUT2D eigenvalue weighted by atomic mass is 32.1. The quantitative estimate of drug-likeness (QED) is 0.543. The monoisotopic (exact) mass is 379 g/mol. The van der Waals surface area contributed by atoms with Crippen molar-refractivity contribution in [1.29, 1.82) is 0 Å². The summed E-state index contributed by atoms with van der Waals surface area (Å²) in [5, 5.41) is 9.77. The standard InChI is InChI=1S/C17H25N5OS2/c1-13-11-20-15(25-13)7-9-19-17(21-12-16(23)22(2)3)18-8-6-14-5-4-10-24-14/h4-5,10-11H,6-9,12H2,1-3H3,(H2,18,19,21). The number of thiophene rings is 1. The van der Waals surface area contributed by atoms with E-state index in [1.807, 2.05) is 6.20 Å². The van der Waals surface area contributed by atoms with Gasteiger partial charge >= 0.3 is 0 Å². The van der Waals surface area contributed by atoms with Gasteiger partial charge in [0.15, 0.2) is 5.96 Å². The van der Waals surface area contributed by atoms with Crippen molar-refractivity contribution < 1.29 is 4.79 Å². The Hall–Kier alpha value is -1.93. The second-order valence-electron chi connectivity index (χ2n) is 5.75. The molecule has 0 aliphatic rings. The molecule has 25 heavy (non-hydrogen) atoms. The molecule has 2 heterocycles. The molecule has 2 aromatic heterocycles. The Morgan fingerprint density at radius 3 is 2.64 bits per heavy atom. The maximum atomic E-state index is 11.8. The van der Waals surface area contributed by atoms with Crippen molar-refractivity contribution in [2.24, 2.45) is 4.99 Å². The minimum absolute atomic E-state index is 0.0186. The average molecular weight is 380 g/mol. The van der Waals surface area contributed by atoms with Crippen LogP contribution >= 0.6 is 22.7 Å². The van der Waals surface area contributed by atoms with E-state index in [2.05, 4.69) is 45.0 Å². The van der Waals surface area contributed by atoms with E-state index in [4.69, 9.17) is 0 Å². The first-order valence-electron chi connectivity index (χ1n) is 8.20. The lowest BCUT2D eigenvalue weighted by Crippen LogP contribution is -2.40. The summed E-state index contributed by atoms with van der Waals surface area (Å²) < 4.78 is 0. The van der Waals surface area contributed by atoms with Crippen molar-refractivity contribution in [3.8, 4) is 0 Å². The summed E-state index contributed by atoms with van der Waals surface area (Å²) in [6, 6.07) is 4.18. The molecule has 0 saturated carbocycles. The van der Waals surface area contributed by atoms with Gasteiger partial charge in [0.1, 0.15) is 6.54 Å². The van der Waals surface area contributed by atoms with Crippen LogP contribution in [0.25, 0.3) is 0 Å². The highest BCUT2D eigenvalue weighted by Crippen LogP contribution is 2.11. The molecule has 0 bridgehead atoms. The Kier molecular flexibility index (Phi) is 7.87. The average Bonchev–Trinajstić information content (AvgIpc) is 3.23. The zero-order chi connectivity index (χ0) is 18.1. The number of nitrogens with one attached hydrogen (secondary N) is 2. The van der Waals surface area contributed by atoms with Crippen LogP contribution in [0.15, 0.2) is 28.7 Å². The molecule has 2 aromatic rings. The van der Waals surface area contributed by atoms with Gasteiger partial charge < -0.3 is 15.5 Å². The number of rotatable bonds is 8. The third-order valence-electron chi connectivity index (χ3n) is 3.42. The zero-order valence-corrected chi connectivity index (χ0v) is 16.5. The van der Waals surface area contributed by atoms with Crippen LogP contribution < -0.4 is 10.6 Å². The van der Waals surface area contributed by atoms with Crippen LogP contribution in [0, 0.1) is 6.92 Å². The fourth-order valence-corrected chi connectivity index (χ4v) is 3.52. The van der Waals surface area contributed by atoms with Crippen LogP contribution in [0.1, 0.15) is 14.8 Å². The molecule has 0 spiro atoms. The molecule has 0 atom stereocenters. The van der Waals surface area contributed by atoms with Crippen LogP contribution in [-0.2, 0) is 17.6 Å². The summed E-state index contributed by atoms with van der Waals surface area (Å²) in [7, 11) is 3.47. The first-order valence-corrected chi connectivity index (χ1v) is 9.90. The molecular weight excluding hydrogens is 354 g/mol. The molecule has 0 unspecified atom stereocenters. The molecule has 0 aliphatic carbocycles. The van der Waals surface area contributed by atoms with Crippen LogP contribution in [0.5, 0.6) is 0 Å². The molecule has 0 aliphatic heterocycles. The summed E-state index contributed by atoms with van der Waals surface area (Å²) >= 11 is 3.45. The number of carbonyl (C=O) groups is 1. The molecule has 6 nitrogen and oxygen atoms in total. The Labute approximate surface area is 157 Å². The van der Waals surface area contributed by atoms with Gasteiger partial charge in [-0.1, -0.05) is 6.07 Å². The Balaban J connectivity index is 1.83. The van der Waals surface area contributed by atoms with Gasteiger partial charge in [0.05, 0.1) is 5.01 Å². The van der Waals surface area contributed by atoms with Crippen molar-refractivity contribution in [1.82, 2.24) is 20.5 Å². The van der Waals surface area contributed by atoms with E-state index >= 15 is 0 Å². The summed E-state index contributed by atoms with van der Waals surface area (Å²) in [4.78, 5) is 24.6. The highest BCUT2D eigenvalue weighted by molar-refractivity contribution is 7.11. The van der Waals surface area contributed by atoms with Gasteiger partial charge in [0.2, 0.25) is 5.91 Å². The van der Waals surface area contributed by atoms with E-state index in [0.717, 1.165) is 30.9 Å². The molecule has 8 heteroatoms. The topological polar surface area (TPSA) is 69.6 Å². The lowest BCUT2D eigenvalue weighted by molar-refractivity contribution is -0.127. The molecule has 0 radical (unpaired) electrons. The molecule has 0 fully saturated rings. The summed E-state index contributed by atoms with van der Waals surface area (Å²) in [6.45, 7) is 3.70. The van der Waals surface area contributed by atoms with Crippen molar-refractivity contribution in [2.45, 2.75) is 19.8 Å². The van der Waals surface area contributed by atoms with Gasteiger partial charge in [-0.3, -0.25) is 4.79 Å². The van der Waals surface area contributed by atoms with Gasteiger partial charge in [-0.15, -0.1) is 22.7 Å². The van der Waals surface area contributed by atoms with Crippen molar-refractivity contribution in [2.75, 3.05) is 33.7 Å². The largest absolute Gasteiger partial charge is 0.356 e. The van der Waals surface area contributed by atoms with Crippen LogP contribution in [0.2, 0.25) is 0 Å². The second kappa shape index (κ2) is 10.1. The molecule has 2 N–H and O–H groups in total. The van der Waals surface area contributed by atoms with Gasteiger partial charge in [-0.25, -0.2) is 9.98 Å². The van der Waals surface area contributed by atoms with E-state index in [0.29, 0.717) is 5.96 Å². The number of aryl methyl sites for hydroxylation is 1. The molecule has 0 saturated heterocycles. The van der Waals surface area contributed by atoms with Gasteiger partial charge in [-0.2, -0.15) is 0 Å². The van der Waals surface area contributed by atoms with Crippen molar-refractivity contribution in [3.05, 3.63) is 38.5 Å². The summed E-state index contributed by atoms with van der Waals surface area (Å²) in [5.41, 5.74) is 0. The van der Waals surface area contributed by atoms with Crippen molar-refractivity contribution in [3.63, 3.8) is 0 Å². The van der Waals surface area contributed by atoms with E-state index in [-0.39, 0.29) is 12.5 Å². The first-order chi connectivity index (χ1) is 12.0. The molecule has 2 rings (SSSR count). The number of thiazole rings is 1. The van der Waals surface area contributed by atoms with Crippen LogP contribution in [0.4, 0.5) is 0 Å². The number of nitrogens with zero attached hydrogens (tertiary/aromatic N) is 3. The molecular formula is C17H25N5OS2. The van der Waals surface area contributed by atoms with Gasteiger partial charge in [0.25, 0.3) is 0 Å². The Morgan fingerprint density at radius 1 is 1.28 bits per heavy atom. The Morgan fingerprint density at radius 2 is 2.04 bits per heavy atom. The summed E-state index contributed by atoms with van der Waals surface area (Å²) in [6.07, 6.45) is 3.67.